The third kappa shape index (κ3) is 3.07. The molecule has 0 fully saturated rings. The largest absolute Gasteiger partial charge is 0.326 e. The standard InChI is InChI=1S/C16H12ClN3O3/c17-13-9-10(5-7-18-13)19-14(21)6-8-20-15(22)11-3-1-2-4-12(11)16(20)23/h1-5,7,9H,6,8H2,(H,18,19,21). The van der Waals surface area contributed by atoms with Crippen molar-refractivity contribution in [3.63, 3.8) is 0 Å². The second-order valence-electron chi connectivity index (χ2n) is 4.97. The number of benzene rings is 1. The molecule has 2 heterocycles. The SMILES string of the molecule is O=C(CCN1C(=O)c2ccccc2C1=O)Nc1ccnc(Cl)c1. The zero-order chi connectivity index (χ0) is 16.4. The van der Waals surface area contributed by atoms with E-state index in [9.17, 15) is 14.4 Å². The molecule has 1 aliphatic rings. The van der Waals surface area contributed by atoms with E-state index in [0.717, 1.165) is 4.90 Å². The highest BCUT2D eigenvalue weighted by Crippen LogP contribution is 2.22. The van der Waals surface area contributed by atoms with Crippen LogP contribution in [0.4, 0.5) is 5.69 Å². The number of hydrogen-bond donors (Lipinski definition) is 1. The molecule has 3 rings (SSSR count). The number of pyridine rings is 1. The van der Waals surface area contributed by atoms with Crippen LogP contribution < -0.4 is 5.32 Å². The summed E-state index contributed by atoms with van der Waals surface area (Å²) in [5, 5.41) is 2.91. The van der Waals surface area contributed by atoms with Gasteiger partial charge >= 0.3 is 0 Å². The van der Waals surface area contributed by atoms with Crippen molar-refractivity contribution in [3.8, 4) is 0 Å². The summed E-state index contributed by atoms with van der Waals surface area (Å²) < 4.78 is 0. The predicted molar refractivity (Wildman–Crippen MR) is 84.3 cm³/mol. The molecule has 1 N–H and O–H groups in total. The van der Waals surface area contributed by atoms with Gasteiger partial charge in [0.05, 0.1) is 11.1 Å². The maximum atomic E-state index is 12.2. The van der Waals surface area contributed by atoms with E-state index >= 15 is 0 Å². The van der Waals surface area contributed by atoms with Gasteiger partial charge in [0.1, 0.15) is 5.15 Å². The average molecular weight is 330 g/mol. The summed E-state index contributed by atoms with van der Waals surface area (Å²) in [6, 6.07) is 9.73. The van der Waals surface area contributed by atoms with Gasteiger partial charge in [-0.05, 0) is 24.3 Å². The first-order chi connectivity index (χ1) is 11.1. The second-order valence-corrected chi connectivity index (χ2v) is 5.36. The van der Waals surface area contributed by atoms with Crippen molar-refractivity contribution in [1.82, 2.24) is 9.88 Å². The normalized spacial score (nSPS) is 13.2. The van der Waals surface area contributed by atoms with Gasteiger partial charge in [-0.3, -0.25) is 19.3 Å². The number of anilines is 1. The highest BCUT2D eigenvalue weighted by molar-refractivity contribution is 6.29. The van der Waals surface area contributed by atoms with E-state index in [2.05, 4.69) is 10.3 Å². The predicted octanol–water partition coefficient (Wildman–Crippen LogP) is 2.36. The van der Waals surface area contributed by atoms with Gasteiger partial charge in [0.25, 0.3) is 11.8 Å². The first-order valence-electron chi connectivity index (χ1n) is 6.93. The Labute approximate surface area is 137 Å². The highest BCUT2D eigenvalue weighted by atomic mass is 35.5. The van der Waals surface area contributed by atoms with Crippen molar-refractivity contribution in [2.75, 3.05) is 11.9 Å². The number of hydrogen-bond acceptors (Lipinski definition) is 4. The molecule has 0 unspecified atom stereocenters. The minimum atomic E-state index is -0.370. The molecule has 1 aromatic heterocycles. The number of imide groups is 1. The zero-order valence-electron chi connectivity index (χ0n) is 12.0. The van der Waals surface area contributed by atoms with Crippen LogP contribution in [0.15, 0.2) is 42.6 Å². The Balaban J connectivity index is 1.62. The van der Waals surface area contributed by atoms with E-state index < -0.39 is 0 Å². The van der Waals surface area contributed by atoms with E-state index in [0.29, 0.717) is 16.8 Å². The second kappa shape index (κ2) is 6.18. The number of amides is 3. The molecule has 1 aliphatic heterocycles. The highest BCUT2D eigenvalue weighted by Gasteiger charge is 2.34. The van der Waals surface area contributed by atoms with E-state index in [-0.39, 0.29) is 35.8 Å². The maximum Gasteiger partial charge on any atom is 0.261 e. The number of carbonyl (C=O) groups is 3. The average Bonchev–Trinajstić information content (AvgIpc) is 2.77. The zero-order valence-corrected chi connectivity index (χ0v) is 12.7. The molecule has 3 amide bonds. The Morgan fingerprint density at radius 3 is 2.39 bits per heavy atom. The molecule has 0 bridgehead atoms. The van der Waals surface area contributed by atoms with Crippen LogP contribution in [-0.4, -0.2) is 34.2 Å². The van der Waals surface area contributed by atoms with Crippen molar-refractivity contribution in [3.05, 3.63) is 58.9 Å². The lowest BCUT2D eigenvalue weighted by Gasteiger charge is -2.13. The van der Waals surface area contributed by atoms with Crippen LogP contribution in [0.3, 0.4) is 0 Å². The van der Waals surface area contributed by atoms with Gasteiger partial charge in [0.2, 0.25) is 5.91 Å². The van der Waals surface area contributed by atoms with E-state index in [1.807, 2.05) is 0 Å². The van der Waals surface area contributed by atoms with Crippen molar-refractivity contribution in [2.45, 2.75) is 6.42 Å². The van der Waals surface area contributed by atoms with Gasteiger partial charge in [0.15, 0.2) is 0 Å². The minimum Gasteiger partial charge on any atom is -0.326 e. The van der Waals surface area contributed by atoms with Crippen LogP contribution in [0.25, 0.3) is 0 Å². The first-order valence-corrected chi connectivity index (χ1v) is 7.30. The number of nitrogens with zero attached hydrogens (tertiary/aromatic N) is 2. The number of nitrogens with one attached hydrogen (secondary N) is 1. The summed E-state index contributed by atoms with van der Waals surface area (Å²) in [7, 11) is 0. The molecule has 2 aromatic rings. The van der Waals surface area contributed by atoms with Gasteiger partial charge in [-0.15, -0.1) is 0 Å². The Hall–Kier alpha value is -2.73. The molecule has 0 saturated carbocycles. The van der Waals surface area contributed by atoms with Crippen molar-refractivity contribution >= 4 is 35.0 Å². The van der Waals surface area contributed by atoms with Crippen molar-refractivity contribution in [2.24, 2.45) is 0 Å². The Kier molecular flexibility index (Phi) is 4.08. The Bertz CT molecular complexity index is 772. The molecule has 23 heavy (non-hydrogen) atoms. The fourth-order valence-corrected chi connectivity index (χ4v) is 2.53. The lowest BCUT2D eigenvalue weighted by molar-refractivity contribution is -0.116. The first kappa shape index (κ1) is 15.2. The fraction of sp³-hybridized carbons (Fsp3) is 0.125. The van der Waals surface area contributed by atoms with Crippen LogP contribution in [0, 0.1) is 0 Å². The maximum absolute atomic E-state index is 12.2. The molecule has 0 aliphatic carbocycles. The van der Waals surface area contributed by atoms with Gasteiger partial charge in [-0.1, -0.05) is 23.7 Å². The molecular formula is C16H12ClN3O3. The molecular weight excluding hydrogens is 318 g/mol. The molecule has 0 radical (unpaired) electrons. The number of halogens is 1. The number of fused-ring (bicyclic) bond motifs is 1. The fourth-order valence-electron chi connectivity index (χ4n) is 2.36. The Morgan fingerprint density at radius 2 is 1.78 bits per heavy atom. The molecule has 0 atom stereocenters. The smallest absolute Gasteiger partial charge is 0.261 e. The third-order valence-corrected chi connectivity index (χ3v) is 3.66. The topological polar surface area (TPSA) is 79.4 Å². The summed E-state index contributed by atoms with van der Waals surface area (Å²) in [5.74, 6) is -1.06. The quantitative estimate of drug-likeness (QED) is 0.690. The molecule has 6 nitrogen and oxygen atoms in total. The summed E-state index contributed by atoms with van der Waals surface area (Å²) >= 11 is 5.74. The van der Waals surface area contributed by atoms with Crippen molar-refractivity contribution < 1.29 is 14.4 Å². The summed E-state index contributed by atoms with van der Waals surface area (Å²) in [5.41, 5.74) is 1.26. The van der Waals surface area contributed by atoms with Crippen LogP contribution in [0.1, 0.15) is 27.1 Å². The van der Waals surface area contributed by atoms with Gasteiger partial charge in [0, 0.05) is 24.8 Å². The van der Waals surface area contributed by atoms with Gasteiger partial charge in [-0.25, -0.2) is 4.98 Å². The Morgan fingerprint density at radius 1 is 1.13 bits per heavy atom. The minimum absolute atomic E-state index is 0.00537. The number of carbonyl (C=O) groups excluding carboxylic acids is 3. The van der Waals surface area contributed by atoms with Gasteiger partial charge in [-0.2, -0.15) is 0 Å². The van der Waals surface area contributed by atoms with Crippen LogP contribution >= 0.6 is 11.6 Å². The van der Waals surface area contributed by atoms with E-state index in [4.69, 9.17) is 11.6 Å². The number of rotatable bonds is 4. The molecule has 1 aromatic carbocycles. The molecule has 116 valence electrons. The van der Waals surface area contributed by atoms with Crippen LogP contribution in [0.5, 0.6) is 0 Å². The third-order valence-electron chi connectivity index (χ3n) is 3.45. The van der Waals surface area contributed by atoms with Gasteiger partial charge < -0.3 is 5.32 Å². The van der Waals surface area contributed by atoms with Crippen molar-refractivity contribution in [1.29, 1.82) is 0 Å². The van der Waals surface area contributed by atoms with Crippen LogP contribution in [-0.2, 0) is 4.79 Å². The van der Waals surface area contributed by atoms with E-state index in [1.54, 1.807) is 30.3 Å². The lowest BCUT2D eigenvalue weighted by atomic mass is 10.1. The molecule has 0 spiro atoms. The summed E-state index contributed by atoms with van der Waals surface area (Å²) in [6.45, 7) is 0.0248. The lowest BCUT2D eigenvalue weighted by Crippen LogP contribution is -2.32. The molecule has 7 heteroatoms. The summed E-state index contributed by atoms with van der Waals surface area (Å²) in [4.78, 5) is 41.2. The molecule has 0 saturated heterocycles. The van der Waals surface area contributed by atoms with Crippen LogP contribution in [0.2, 0.25) is 5.15 Å². The van der Waals surface area contributed by atoms with E-state index in [1.165, 1.54) is 12.3 Å². The number of aromatic nitrogens is 1. The monoisotopic (exact) mass is 329 g/mol. The summed E-state index contributed by atoms with van der Waals surface area (Å²) in [6.07, 6.45) is 1.48.